The molecular formula is C21H24ClNO5. The normalized spacial score (nSPS) is 12.6. The minimum atomic E-state index is -0.228. The number of nitrogens with one attached hydrogen (secondary N) is 1. The van der Waals surface area contributed by atoms with E-state index in [1.165, 1.54) is 7.11 Å². The van der Waals surface area contributed by atoms with Crippen molar-refractivity contribution in [3.63, 3.8) is 0 Å². The van der Waals surface area contributed by atoms with Gasteiger partial charge >= 0.3 is 0 Å². The van der Waals surface area contributed by atoms with Crippen LogP contribution in [0, 0.1) is 0 Å². The summed E-state index contributed by atoms with van der Waals surface area (Å²) in [6, 6.07) is 9.02. The monoisotopic (exact) mass is 405 g/mol. The average Bonchev–Trinajstić information content (AvgIpc) is 2.68. The first kappa shape index (κ1) is 20.1. The SMILES string of the molecule is COc1cc(C(=O)NCCc2ccc3c(c2)OCCO3)cc(Cl)c1OC(C)C. The summed E-state index contributed by atoms with van der Waals surface area (Å²) in [5, 5.41) is 3.24. The summed E-state index contributed by atoms with van der Waals surface area (Å²) in [7, 11) is 1.52. The predicted molar refractivity (Wildman–Crippen MR) is 107 cm³/mol. The first-order valence-corrected chi connectivity index (χ1v) is 9.56. The van der Waals surface area contributed by atoms with Crippen LogP contribution in [0.1, 0.15) is 29.8 Å². The van der Waals surface area contributed by atoms with Gasteiger partial charge < -0.3 is 24.3 Å². The Kier molecular flexibility index (Phi) is 6.52. The molecule has 28 heavy (non-hydrogen) atoms. The van der Waals surface area contributed by atoms with Gasteiger partial charge in [0.1, 0.15) is 13.2 Å². The number of carbonyl (C=O) groups excluding carboxylic acids is 1. The van der Waals surface area contributed by atoms with Crippen LogP contribution in [0.15, 0.2) is 30.3 Å². The first-order valence-electron chi connectivity index (χ1n) is 9.19. The van der Waals surface area contributed by atoms with E-state index in [2.05, 4.69) is 5.32 Å². The van der Waals surface area contributed by atoms with Crippen LogP contribution in [0.3, 0.4) is 0 Å². The maximum absolute atomic E-state index is 12.5. The molecule has 6 nitrogen and oxygen atoms in total. The maximum atomic E-state index is 12.5. The molecule has 0 atom stereocenters. The van der Waals surface area contributed by atoms with Crippen LogP contribution in [-0.4, -0.2) is 38.9 Å². The highest BCUT2D eigenvalue weighted by Gasteiger charge is 2.17. The fourth-order valence-electron chi connectivity index (χ4n) is 2.87. The van der Waals surface area contributed by atoms with Crippen molar-refractivity contribution in [3.8, 4) is 23.0 Å². The number of fused-ring (bicyclic) bond motifs is 1. The fraction of sp³-hybridized carbons (Fsp3) is 0.381. The van der Waals surface area contributed by atoms with Gasteiger partial charge in [-0.2, -0.15) is 0 Å². The zero-order chi connectivity index (χ0) is 20.1. The van der Waals surface area contributed by atoms with E-state index in [0.717, 1.165) is 17.1 Å². The number of amides is 1. The number of carbonyl (C=O) groups is 1. The Morgan fingerprint density at radius 3 is 2.64 bits per heavy atom. The molecule has 2 aromatic rings. The third-order valence-electron chi connectivity index (χ3n) is 4.15. The van der Waals surface area contributed by atoms with Gasteiger partial charge in [-0.1, -0.05) is 17.7 Å². The van der Waals surface area contributed by atoms with Crippen molar-refractivity contribution in [1.29, 1.82) is 0 Å². The summed E-state index contributed by atoms with van der Waals surface area (Å²) < 4.78 is 22.1. The molecule has 1 aliphatic heterocycles. The summed E-state index contributed by atoms with van der Waals surface area (Å²) in [5.74, 6) is 2.14. The standard InChI is InChI=1S/C21H24ClNO5/c1-13(2)28-20-16(22)11-15(12-19(20)25-3)21(24)23-7-6-14-4-5-17-18(10-14)27-9-8-26-17/h4-5,10-13H,6-9H2,1-3H3,(H,23,24). The molecule has 0 saturated heterocycles. The molecule has 0 aromatic heterocycles. The molecule has 0 saturated carbocycles. The molecular weight excluding hydrogens is 382 g/mol. The zero-order valence-corrected chi connectivity index (χ0v) is 17.0. The summed E-state index contributed by atoms with van der Waals surface area (Å²) in [6.07, 6.45) is 0.610. The molecule has 0 spiro atoms. The largest absolute Gasteiger partial charge is 0.493 e. The fourth-order valence-corrected chi connectivity index (χ4v) is 3.12. The molecule has 1 heterocycles. The molecule has 0 radical (unpaired) electrons. The molecule has 0 aliphatic carbocycles. The van der Waals surface area contributed by atoms with Crippen LogP contribution in [0.4, 0.5) is 0 Å². The smallest absolute Gasteiger partial charge is 0.251 e. The van der Waals surface area contributed by atoms with E-state index in [1.54, 1.807) is 12.1 Å². The maximum Gasteiger partial charge on any atom is 0.251 e. The molecule has 1 amide bonds. The van der Waals surface area contributed by atoms with Crippen molar-refractivity contribution in [2.45, 2.75) is 26.4 Å². The zero-order valence-electron chi connectivity index (χ0n) is 16.2. The van der Waals surface area contributed by atoms with Gasteiger partial charge in [0.15, 0.2) is 23.0 Å². The van der Waals surface area contributed by atoms with Gasteiger partial charge in [-0.15, -0.1) is 0 Å². The molecule has 150 valence electrons. The Bertz CT molecular complexity index is 853. The Morgan fingerprint density at radius 1 is 1.18 bits per heavy atom. The Labute approximate surface area is 169 Å². The number of hydrogen-bond donors (Lipinski definition) is 1. The van der Waals surface area contributed by atoms with Crippen LogP contribution < -0.4 is 24.3 Å². The van der Waals surface area contributed by atoms with Gasteiger partial charge in [0, 0.05) is 12.1 Å². The molecule has 7 heteroatoms. The molecule has 3 rings (SSSR count). The van der Waals surface area contributed by atoms with Crippen LogP contribution >= 0.6 is 11.6 Å². The number of halogens is 1. The third kappa shape index (κ3) is 4.81. The highest BCUT2D eigenvalue weighted by atomic mass is 35.5. The van der Waals surface area contributed by atoms with E-state index >= 15 is 0 Å². The lowest BCUT2D eigenvalue weighted by Gasteiger charge is -2.19. The lowest BCUT2D eigenvalue weighted by Crippen LogP contribution is -2.26. The number of methoxy groups -OCH3 is 1. The van der Waals surface area contributed by atoms with E-state index in [9.17, 15) is 4.79 Å². The average molecular weight is 406 g/mol. The second-order valence-electron chi connectivity index (χ2n) is 6.64. The van der Waals surface area contributed by atoms with E-state index in [0.29, 0.717) is 48.3 Å². The van der Waals surface area contributed by atoms with E-state index in [-0.39, 0.29) is 12.0 Å². The minimum absolute atomic E-state index is 0.0583. The lowest BCUT2D eigenvalue weighted by molar-refractivity contribution is 0.0953. The highest BCUT2D eigenvalue weighted by Crippen LogP contribution is 2.37. The summed E-state index contributed by atoms with van der Waals surface area (Å²) in [4.78, 5) is 12.5. The summed E-state index contributed by atoms with van der Waals surface area (Å²) in [5.41, 5.74) is 1.47. The van der Waals surface area contributed by atoms with Crippen LogP contribution in [0.2, 0.25) is 5.02 Å². The second-order valence-corrected chi connectivity index (χ2v) is 7.05. The Morgan fingerprint density at radius 2 is 1.93 bits per heavy atom. The topological polar surface area (TPSA) is 66.0 Å². The van der Waals surface area contributed by atoms with Gasteiger partial charge in [-0.25, -0.2) is 0 Å². The molecule has 0 bridgehead atoms. The highest BCUT2D eigenvalue weighted by molar-refractivity contribution is 6.32. The van der Waals surface area contributed by atoms with Gasteiger partial charge in [0.2, 0.25) is 0 Å². The van der Waals surface area contributed by atoms with Crippen molar-refractivity contribution in [2.75, 3.05) is 26.9 Å². The minimum Gasteiger partial charge on any atom is -0.493 e. The molecule has 1 aliphatic rings. The molecule has 0 unspecified atom stereocenters. The summed E-state index contributed by atoms with van der Waals surface area (Å²) in [6.45, 7) is 5.38. The number of hydrogen-bond acceptors (Lipinski definition) is 5. The van der Waals surface area contributed by atoms with Crippen molar-refractivity contribution in [2.24, 2.45) is 0 Å². The van der Waals surface area contributed by atoms with Crippen LogP contribution in [0.5, 0.6) is 23.0 Å². The molecule has 0 fully saturated rings. The number of benzene rings is 2. The Balaban J connectivity index is 1.62. The first-order chi connectivity index (χ1) is 13.5. The molecule has 1 N–H and O–H groups in total. The molecule has 2 aromatic carbocycles. The van der Waals surface area contributed by atoms with E-state index in [1.807, 2.05) is 32.0 Å². The second kappa shape index (κ2) is 9.06. The van der Waals surface area contributed by atoms with Gasteiger partial charge in [0.05, 0.1) is 18.2 Å². The van der Waals surface area contributed by atoms with Gasteiger partial charge in [-0.05, 0) is 50.1 Å². The van der Waals surface area contributed by atoms with Crippen LogP contribution in [0.25, 0.3) is 0 Å². The Hall–Kier alpha value is -2.60. The van der Waals surface area contributed by atoms with Crippen molar-refractivity contribution < 1.29 is 23.7 Å². The van der Waals surface area contributed by atoms with Crippen molar-refractivity contribution >= 4 is 17.5 Å². The van der Waals surface area contributed by atoms with Gasteiger partial charge in [0.25, 0.3) is 5.91 Å². The van der Waals surface area contributed by atoms with Crippen molar-refractivity contribution in [1.82, 2.24) is 5.32 Å². The lowest BCUT2D eigenvalue weighted by atomic mass is 10.1. The summed E-state index contributed by atoms with van der Waals surface area (Å²) >= 11 is 6.29. The number of ether oxygens (including phenoxy) is 4. The predicted octanol–water partition coefficient (Wildman–Crippen LogP) is 3.88. The van der Waals surface area contributed by atoms with Gasteiger partial charge in [-0.3, -0.25) is 4.79 Å². The van der Waals surface area contributed by atoms with Crippen molar-refractivity contribution in [3.05, 3.63) is 46.5 Å². The third-order valence-corrected chi connectivity index (χ3v) is 4.43. The van der Waals surface area contributed by atoms with E-state index < -0.39 is 0 Å². The number of rotatable bonds is 7. The quantitative estimate of drug-likeness (QED) is 0.757. The van der Waals surface area contributed by atoms with Crippen LogP contribution in [-0.2, 0) is 6.42 Å². The van der Waals surface area contributed by atoms with E-state index in [4.69, 9.17) is 30.5 Å².